The zero-order valence-electron chi connectivity index (χ0n) is 11.0. The molecule has 1 atom stereocenters. The lowest BCUT2D eigenvalue weighted by Gasteiger charge is -2.18. The molecule has 2 aromatic heterocycles. The summed E-state index contributed by atoms with van der Waals surface area (Å²) in [6.45, 7) is 5.24. The van der Waals surface area contributed by atoms with Crippen molar-refractivity contribution in [3.8, 4) is 0 Å². The first-order valence-corrected chi connectivity index (χ1v) is 7.40. The summed E-state index contributed by atoms with van der Waals surface area (Å²) in [6, 6.07) is 4.85. The van der Waals surface area contributed by atoms with Gasteiger partial charge >= 0.3 is 0 Å². The third kappa shape index (κ3) is 3.65. The highest BCUT2D eigenvalue weighted by Crippen LogP contribution is 2.20. The van der Waals surface area contributed by atoms with E-state index in [9.17, 15) is 0 Å². The van der Waals surface area contributed by atoms with E-state index < -0.39 is 0 Å². The predicted octanol–water partition coefficient (Wildman–Crippen LogP) is 3.73. The smallest absolute Gasteiger partial charge is 0.0338 e. The maximum atomic E-state index is 4.29. The van der Waals surface area contributed by atoms with Crippen LogP contribution in [0.2, 0.25) is 0 Å². The zero-order chi connectivity index (χ0) is 12.8. The van der Waals surface area contributed by atoms with Gasteiger partial charge in [0.15, 0.2) is 0 Å². The van der Waals surface area contributed by atoms with Crippen LogP contribution in [-0.4, -0.2) is 11.5 Å². The van der Waals surface area contributed by atoms with Crippen molar-refractivity contribution in [3.63, 3.8) is 0 Å². The van der Waals surface area contributed by atoms with Crippen LogP contribution in [0.4, 0.5) is 0 Å². The van der Waals surface area contributed by atoms with Crippen LogP contribution in [0.3, 0.4) is 0 Å². The lowest BCUT2D eigenvalue weighted by molar-refractivity contribution is 0.514. The van der Waals surface area contributed by atoms with Gasteiger partial charge in [0.05, 0.1) is 0 Å². The Morgan fingerprint density at radius 1 is 1.39 bits per heavy atom. The van der Waals surface area contributed by atoms with Gasteiger partial charge in [0.1, 0.15) is 0 Å². The third-order valence-electron chi connectivity index (χ3n) is 3.05. The summed E-state index contributed by atoms with van der Waals surface area (Å²) in [6.07, 6.45) is 6.13. The second kappa shape index (κ2) is 6.66. The third-order valence-corrected chi connectivity index (χ3v) is 3.78. The molecular weight excluding hydrogens is 240 g/mol. The number of thiophene rings is 1. The molecule has 0 aliphatic heterocycles. The minimum atomic E-state index is 0.405. The highest BCUT2D eigenvalue weighted by Gasteiger charge is 2.11. The second-order valence-electron chi connectivity index (χ2n) is 4.58. The van der Waals surface area contributed by atoms with E-state index in [2.05, 4.69) is 47.0 Å². The molecule has 96 valence electrons. The van der Waals surface area contributed by atoms with Crippen LogP contribution >= 0.6 is 11.3 Å². The summed E-state index contributed by atoms with van der Waals surface area (Å²) in [4.78, 5) is 4.29. The molecule has 2 nitrogen and oxygen atoms in total. The summed E-state index contributed by atoms with van der Waals surface area (Å²) in [7, 11) is 0. The molecule has 0 saturated carbocycles. The molecule has 0 spiro atoms. The van der Waals surface area contributed by atoms with Crippen LogP contribution in [0.25, 0.3) is 0 Å². The van der Waals surface area contributed by atoms with Crippen LogP contribution in [0.1, 0.15) is 36.1 Å². The summed E-state index contributed by atoms with van der Waals surface area (Å²) in [5.41, 5.74) is 3.96. The minimum Gasteiger partial charge on any atom is -0.310 e. The van der Waals surface area contributed by atoms with Crippen molar-refractivity contribution in [2.75, 3.05) is 6.54 Å². The van der Waals surface area contributed by atoms with Crippen LogP contribution in [-0.2, 0) is 6.42 Å². The largest absolute Gasteiger partial charge is 0.310 e. The van der Waals surface area contributed by atoms with Crippen molar-refractivity contribution in [1.29, 1.82) is 0 Å². The van der Waals surface area contributed by atoms with Gasteiger partial charge in [-0.25, -0.2) is 0 Å². The molecule has 0 radical (unpaired) electrons. The molecule has 2 heterocycles. The number of nitrogens with one attached hydrogen (secondary N) is 1. The monoisotopic (exact) mass is 260 g/mol. The van der Waals surface area contributed by atoms with Crippen LogP contribution in [0.5, 0.6) is 0 Å². The first-order chi connectivity index (χ1) is 8.79. The van der Waals surface area contributed by atoms with Gasteiger partial charge in [0, 0.05) is 18.4 Å². The van der Waals surface area contributed by atoms with Gasteiger partial charge in [-0.3, -0.25) is 4.98 Å². The molecule has 0 amide bonds. The highest BCUT2D eigenvalue weighted by atomic mass is 32.1. The predicted molar refractivity (Wildman–Crippen MR) is 78.0 cm³/mol. The SMILES string of the molecule is CCNC(CCc1ccsc1)c1cncc(C)c1. The van der Waals surface area contributed by atoms with E-state index in [4.69, 9.17) is 0 Å². The highest BCUT2D eigenvalue weighted by molar-refractivity contribution is 7.07. The Kier molecular flexibility index (Phi) is 4.90. The number of aryl methyl sites for hydroxylation is 2. The lowest BCUT2D eigenvalue weighted by Crippen LogP contribution is -2.21. The average Bonchev–Trinajstić information content (AvgIpc) is 2.87. The molecule has 0 aliphatic rings. The van der Waals surface area contributed by atoms with Gasteiger partial charge < -0.3 is 5.32 Å². The standard InChI is InChI=1S/C15H20N2S/c1-3-17-15(5-4-13-6-7-18-11-13)14-8-12(2)9-16-10-14/h6-11,15,17H,3-5H2,1-2H3. The van der Waals surface area contributed by atoms with Crippen LogP contribution < -0.4 is 5.32 Å². The van der Waals surface area contributed by atoms with E-state index in [1.165, 1.54) is 16.7 Å². The Hall–Kier alpha value is -1.19. The molecule has 18 heavy (non-hydrogen) atoms. The van der Waals surface area contributed by atoms with Gasteiger partial charge in [-0.2, -0.15) is 11.3 Å². The van der Waals surface area contributed by atoms with Gasteiger partial charge in [-0.15, -0.1) is 0 Å². The molecule has 0 fully saturated rings. The Morgan fingerprint density at radius 3 is 2.94 bits per heavy atom. The van der Waals surface area contributed by atoms with E-state index in [1.807, 2.05) is 12.4 Å². The fraction of sp³-hybridized carbons (Fsp3) is 0.400. The normalized spacial score (nSPS) is 12.6. The Morgan fingerprint density at radius 2 is 2.28 bits per heavy atom. The van der Waals surface area contributed by atoms with Crippen molar-refractivity contribution in [1.82, 2.24) is 10.3 Å². The average molecular weight is 260 g/mol. The van der Waals surface area contributed by atoms with E-state index in [1.54, 1.807) is 11.3 Å². The Balaban J connectivity index is 2.03. The topological polar surface area (TPSA) is 24.9 Å². The summed E-state index contributed by atoms with van der Waals surface area (Å²) in [5.74, 6) is 0. The molecule has 3 heteroatoms. The van der Waals surface area contributed by atoms with Gasteiger partial charge in [0.25, 0.3) is 0 Å². The quantitative estimate of drug-likeness (QED) is 0.856. The molecule has 0 aromatic carbocycles. The van der Waals surface area contributed by atoms with Crippen molar-refractivity contribution in [2.45, 2.75) is 32.7 Å². The van der Waals surface area contributed by atoms with E-state index in [-0.39, 0.29) is 0 Å². The molecule has 0 saturated heterocycles. The number of rotatable bonds is 6. The van der Waals surface area contributed by atoms with E-state index in [0.717, 1.165) is 19.4 Å². The fourth-order valence-corrected chi connectivity index (χ4v) is 2.85. The summed E-state index contributed by atoms with van der Waals surface area (Å²) < 4.78 is 0. The van der Waals surface area contributed by atoms with Crippen molar-refractivity contribution < 1.29 is 0 Å². The molecular formula is C15H20N2S. The van der Waals surface area contributed by atoms with Crippen molar-refractivity contribution in [3.05, 3.63) is 52.0 Å². The zero-order valence-corrected chi connectivity index (χ0v) is 11.8. The number of aromatic nitrogens is 1. The number of nitrogens with zero attached hydrogens (tertiary/aromatic N) is 1. The second-order valence-corrected chi connectivity index (χ2v) is 5.36. The first-order valence-electron chi connectivity index (χ1n) is 6.45. The lowest BCUT2D eigenvalue weighted by atomic mass is 10.0. The van der Waals surface area contributed by atoms with E-state index in [0.29, 0.717) is 6.04 Å². The summed E-state index contributed by atoms with van der Waals surface area (Å²) in [5, 5.41) is 7.93. The maximum Gasteiger partial charge on any atom is 0.0338 e. The minimum absolute atomic E-state index is 0.405. The van der Waals surface area contributed by atoms with Gasteiger partial charge in [-0.05, 0) is 59.8 Å². The maximum absolute atomic E-state index is 4.29. The van der Waals surface area contributed by atoms with Crippen molar-refractivity contribution in [2.24, 2.45) is 0 Å². The Labute approximate surface area is 113 Å². The van der Waals surface area contributed by atoms with Gasteiger partial charge in [-0.1, -0.05) is 13.0 Å². The fourth-order valence-electron chi connectivity index (χ4n) is 2.15. The van der Waals surface area contributed by atoms with Crippen molar-refractivity contribution >= 4 is 11.3 Å². The molecule has 2 rings (SSSR count). The van der Waals surface area contributed by atoms with Crippen LogP contribution in [0, 0.1) is 6.92 Å². The summed E-state index contributed by atoms with van der Waals surface area (Å²) >= 11 is 1.77. The Bertz CT molecular complexity index is 465. The first kappa shape index (κ1) is 13.2. The molecule has 2 aromatic rings. The number of hydrogen-bond donors (Lipinski definition) is 1. The van der Waals surface area contributed by atoms with E-state index >= 15 is 0 Å². The van der Waals surface area contributed by atoms with Crippen LogP contribution in [0.15, 0.2) is 35.3 Å². The molecule has 1 N–H and O–H groups in total. The van der Waals surface area contributed by atoms with Gasteiger partial charge in [0.2, 0.25) is 0 Å². The number of pyridine rings is 1. The molecule has 0 bridgehead atoms. The molecule has 1 unspecified atom stereocenters. The number of hydrogen-bond acceptors (Lipinski definition) is 3. The molecule has 0 aliphatic carbocycles.